The smallest absolute Gasteiger partial charge is 0.424 e. The zero-order valence-electron chi connectivity index (χ0n) is 13.6. The summed E-state index contributed by atoms with van der Waals surface area (Å²) < 4.78 is 44.2. The van der Waals surface area contributed by atoms with Crippen LogP contribution in [0.4, 0.5) is 13.2 Å². The number of hydrogen-bond acceptors (Lipinski definition) is 3. The molecule has 134 valence electrons. The number of carbonyl (C=O) groups is 2. The average Bonchev–Trinajstić information content (AvgIpc) is 2.60. The maximum atomic E-state index is 13.3. The van der Waals surface area contributed by atoms with Gasteiger partial charge in [-0.25, -0.2) is 4.79 Å². The van der Waals surface area contributed by atoms with E-state index in [2.05, 4.69) is 9.53 Å². The topological polar surface area (TPSA) is 79.8 Å². The molecule has 0 saturated carbocycles. The molecule has 0 aromatic heterocycles. The normalized spacial score (nSPS) is 11.8. The molecule has 0 aliphatic carbocycles. The van der Waals surface area contributed by atoms with Crippen molar-refractivity contribution < 1.29 is 32.3 Å². The third-order valence-electron chi connectivity index (χ3n) is 3.44. The summed E-state index contributed by atoms with van der Waals surface area (Å²) in [5.41, 5.74) is 5.93. The Morgan fingerprint density at radius 3 is 2.38 bits per heavy atom. The summed E-state index contributed by atoms with van der Waals surface area (Å²) in [6, 6.07) is 11.2. The van der Waals surface area contributed by atoms with E-state index in [0.717, 1.165) is 5.39 Å². The third-order valence-corrected chi connectivity index (χ3v) is 3.44. The number of hydrogen-bond donors (Lipinski definition) is 0. The van der Waals surface area contributed by atoms with E-state index in [1.807, 2.05) is 0 Å². The number of fused-ring (bicyclic) bond motifs is 1. The molecule has 0 N–H and O–H groups in total. The van der Waals surface area contributed by atoms with Crippen LogP contribution < -0.4 is 0 Å². The molecule has 0 bridgehead atoms. The number of rotatable bonds is 5. The van der Waals surface area contributed by atoms with E-state index in [1.54, 1.807) is 30.3 Å². The first kappa shape index (κ1) is 19.1. The van der Waals surface area contributed by atoms with Crippen molar-refractivity contribution in [3.63, 3.8) is 0 Å². The first-order chi connectivity index (χ1) is 12.3. The molecule has 0 amide bonds. The molecule has 2 aromatic carbocycles. The lowest BCUT2D eigenvalue weighted by Crippen LogP contribution is -2.28. The molecule has 8 heteroatoms. The molecular formula is C18H13F3N2O3. The number of nitrogens with zero attached hydrogens (tertiary/aromatic N) is 2. The van der Waals surface area contributed by atoms with Crippen LogP contribution in [0.2, 0.25) is 0 Å². The van der Waals surface area contributed by atoms with E-state index in [9.17, 15) is 22.8 Å². The Hall–Kier alpha value is -3.25. The van der Waals surface area contributed by atoms with E-state index in [0.29, 0.717) is 5.39 Å². The van der Waals surface area contributed by atoms with Crippen LogP contribution in [0.5, 0.6) is 0 Å². The average molecular weight is 362 g/mol. The highest BCUT2D eigenvalue weighted by atomic mass is 19.4. The van der Waals surface area contributed by atoms with Gasteiger partial charge in [-0.3, -0.25) is 4.79 Å². The van der Waals surface area contributed by atoms with Gasteiger partial charge in [0, 0.05) is 11.6 Å². The number of halogens is 3. The van der Waals surface area contributed by atoms with E-state index >= 15 is 0 Å². The zero-order valence-corrected chi connectivity index (χ0v) is 13.6. The molecule has 2 aromatic rings. The van der Waals surface area contributed by atoms with Gasteiger partial charge >= 0.3 is 17.9 Å². The van der Waals surface area contributed by atoms with Gasteiger partial charge in [0.25, 0.3) is 5.78 Å². The zero-order chi connectivity index (χ0) is 19.3. The Bertz CT molecular complexity index is 942. The van der Waals surface area contributed by atoms with Crippen LogP contribution >= 0.6 is 0 Å². The quantitative estimate of drug-likeness (QED) is 0.203. The van der Waals surface area contributed by atoms with Crippen LogP contribution in [-0.4, -0.2) is 35.0 Å². The molecule has 2 rings (SSSR count). The standard InChI is InChI=1S/C18H13F3N2O3/c1-2-26-15(24)10-14(18(19,20)21)16(23-22)17(25)13-8-7-11-5-3-4-6-12(11)9-13/h3-10H,2H2,1H3/b14-10+. The molecule has 0 atom stereocenters. The Morgan fingerprint density at radius 1 is 1.15 bits per heavy atom. The number of allylic oxidation sites excluding steroid dienone is 1. The molecule has 0 saturated heterocycles. The Kier molecular flexibility index (Phi) is 5.69. The van der Waals surface area contributed by atoms with Gasteiger partial charge < -0.3 is 10.3 Å². The molecule has 0 aliphatic rings. The number of carbonyl (C=O) groups excluding carboxylic acids is 2. The largest absolute Gasteiger partial charge is 0.463 e. The van der Waals surface area contributed by atoms with Crippen molar-refractivity contribution in [1.29, 1.82) is 0 Å². The maximum Gasteiger partial charge on any atom is 0.424 e. The second-order valence-corrected chi connectivity index (χ2v) is 5.15. The van der Waals surface area contributed by atoms with Gasteiger partial charge in [-0.2, -0.15) is 18.0 Å². The second kappa shape index (κ2) is 7.76. The molecule has 0 aliphatic heterocycles. The minimum Gasteiger partial charge on any atom is -0.463 e. The lowest BCUT2D eigenvalue weighted by molar-refractivity contribution is -0.138. The summed E-state index contributed by atoms with van der Waals surface area (Å²) in [6.07, 6.45) is -5.00. The Balaban J connectivity index is 2.50. The van der Waals surface area contributed by atoms with Crippen LogP contribution in [0.1, 0.15) is 17.3 Å². The fourth-order valence-corrected chi connectivity index (χ4v) is 2.28. The Morgan fingerprint density at radius 2 is 1.81 bits per heavy atom. The van der Waals surface area contributed by atoms with Crippen LogP contribution in [0.15, 0.2) is 54.1 Å². The van der Waals surface area contributed by atoms with Gasteiger partial charge in [0.2, 0.25) is 0 Å². The summed E-state index contributed by atoms with van der Waals surface area (Å²) in [5.74, 6) is -2.47. The van der Waals surface area contributed by atoms with E-state index in [4.69, 9.17) is 5.53 Å². The van der Waals surface area contributed by atoms with Gasteiger partial charge in [0.15, 0.2) is 5.57 Å². The monoisotopic (exact) mass is 362 g/mol. The summed E-state index contributed by atoms with van der Waals surface area (Å²) in [6.45, 7) is 1.27. The van der Waals surface area contributed by atoms with Crippen molar-refractivity contribution in [1.82, 2.24) is 0 Å². The molecule has 5 nitrogen and oxygen atoms in total. The number of ether oxygens (including phenoxy) is 1. The van der Waals surface area contributed by atoms with Crippen molar-refractivity contribution in [2.45, 2.75) is 13.1 Å². The maximum absolute atomic E-state index is 13.3. The van der Waals surface area contributed by atoms with Gasteiger partial charge in [-0.1, -0.05) is 36.4 Å². The number of esters is 1. The molecule has 0 spiro atoms. The Labute approximate surface area is 146 Å². The van der Waals surface area contributed by atoms with Crippen LogP contribution in [0.3, 0.4) is 0 Å². The van der Waals surface area contributed by atoms with Gasteiger partial charge in [0.05, 0.1) is 6.61 Å². The molecule has 0 unspecified atom stereocenters. The van der Waals surface area contributed by atoms with Crippen molar-refractivity contribution in [2.24, 2.45) is 0 Å². The second-order valence-electron chi connectivity index (χ2n) is 5.15. The predicted molar refractivity (Wildman–Crippen MR) is 87.7 cm³/mol. The minimum atomic E-state index is -5.10. The highest BCUT2D eigenvalue weighted by Gasteiger charge is 2.45. The minimum absolute atomic E-state index is 0.0947. The van der Waals surface area contributed by atoms with Crippen molar-refractivity contribution in [3.05, 3.63) is 65.2 Å². The summed E-state index contributed by atoms with van der Waals surface area (Å²) in [7, 11) is 0. The molecule has 0 radical (unpaired) electrons. The summed E-state index contributed by atoms with van der Waals surface area (Å²) in [5, 5.41) is 1.41. The van der Waals surface area contributed by atoms with Gasteiger partial charge in [-0.05, 0) is 23.8 Å². The molecule has 26 heavy (non-hydrogen) atoms. The number of Topliss-reactive ketones (excluding diaryl/α,β-unsaturated/α-hetero) is 1. The lowest BCUT2D eigenvalue weighted by Gasteiger charge is -2.08. The van der Waals surface area contributed by atoms with E-state index in [-0.39, 0.29) is 18.2 Å². The SMILES string of the molecule is CCOC(=O)/C=C(\C(=[N+]=[N-])C(=O)c1ccc2ccccc2c1)C(F)(F)F. The van der Waals surface area contributed by atoms with Crippen LogP contribution in [0, 0.1) is 0 Å². The lowest BCUT2D eigenvalue weighted by atomic mass is 9.97. The molecule has 0 fully saturated rings. The summed E-state index contributed by atoms with van der Waals surface area (Å²) in [4.78, 5) is 26.4. The number of alkyl halides is 3. The fraction of sp³-hybridized carbons (Fsp3) is 0.167. The number of benzene rings is 2. The molecule has 0 heterocycles. The van der Waals surface area contributed by atoms with E-state index < -0.39 is 29.2 Å². The molecular weight excluding hydrogens is 349 g/mol. The first-order valence-corrected chi connectivity index (χ1v) is 7.49. The third kappa shape index (κ3) is 4.23. The van der Waals surface area contributed by atoms with Crippen molar-refractivity contribution in [3.8, 4) is 0 Å². The number of ketones is 1. The van der Waals surface area contributed by atoms with E-state index in [1.165, 1.54) is 19.1 Å². The fourth-order valence-electron chi connectivity index (χ4n) is 2.28. The van der Waals surface area contributed by atoms with Crippen LogP contribution in [0.25, 0.3) is 16.3 Å². The predicted octanol–water partition coefficient (Wildman–Crippen LogP) is 3.75. The van der Waals surface area contributed by atoms with Crippen molar-refractivity contribution >= 4 is 28.2 Å². The summed E-state index contributed by atoms with van der Waals surface area (Å²) >= 11 is 0. The van der Waals surface area contributed by atoms with Crippen molar-refractivity contribution in [2.75, 3.05) is 6.61 Å². The van der Waals surface area contributed by atoms with Crippen LogP contribution in [-0.2, 0) is 9.53 Å². The van der Waals surface area contributed by atoms with Gasteiger partial charge in [-0.15, -0.1) is 0 Å². The van der Waals surface area contributed by atoms with Gasteiger partial charge in [0.1, 0.15) is 0 Å². The first-order valence-electron chi connectivity index (χ1n) is 7.49. The highest BCUT2D eigenvalue weighted by Crippen LogP contribution is 2.28. The highest BCUT2D eigenvalue weighted by molar-refractivity contribution is 6.50.